The summed E-state index contributed by atoms with van der Waals surface area (Å²) < 4.78 is 12.6. The molecule has 10 rings (SSSR count). The van der Waals surface area contributed by atoms with Crippen molar-refractivity contribution in [1.82, 2.24) is 29.9 Å². The molecule has 4 aromatic heterocycles. The first-order chi connectivity index (χ1) is 25.7. The second kappa shape index (κ2) is 12.2. The SMILES string of the molecule is c1ccc(-c2nc3ccc(-c4nc(-c5ccc(-c6ccncc6)cc5)nc(-c5ccc6nc(-c7cccc8ccccc78)oc6c5)n4)cc3o2)cc1. The van der Waals surface area contributed by atoms with Gasteiger partial charge in [-0.15, -0.1) is 0 Å². The standard InChI is InChI=1S/C44H26N6O2/c1-2-8-31(9-3-1)43-46-36-19-17-32(25-38(36)51-43)41-48-40(30-15-13-27(14-16-30)28-21-23-45-24-22-28)49-42(50-41)33-18-20-37-39(26-33)52-44(47-37)35-12-6-10-29-7-4-5-11-34(29)35/h1-26H. The molecule has 0 saturated heterocycles. The van der Waals surface area contributed by atoms with E-state index in [0.717, 1.165) is 60.8 Å². The number of fused-ring (bicyclic) bond motifs is 3. The van der Waals surface area contributed by atoms with Gasteiger partial charge in [0.2, 0.25) is 11.8 Å². The molecule has 0 aliphatic rings. The quantitative estimate of drug-likeness (QED) is 0.172. The van der Waals surface area contributed by atoms with Crippen molar-refractivity contribution in [2.75, 3.05) is 0 Å². The first-order valence-electron chi connectivity index (χ1n) is 16.8. The summed E-state index contributed by atoms with van der Waals surface area (Å²) in [6.07, 6.45) is 3.58. The molecule has 0 unspecified atom stereocenters. The highest BCUT2D eigenvalue weighted by molar-refractivity contribution is 5.96. The maximum absolute atomic E-state index is 6.39. The average Bonchev–Trinajstić information content (AvgIpc) is 3.85. The molecule has 0 spiro atoms. The Bertz CT molecular complexity index is 2900. The number of oxazole rings is 2. The summed E-state index contributed by atoms with van der Waals surface area (Å²) in [5.41, 5.74) is 9.20. The molecule has 0 aliphatic carbocycles. The van der Waals surface area contributed by atoms with Crippen molar-refractivity contribution in [3.8, 4) is 68.2 Å². The maximum Gasteiger partial charge on any atom is 0.227 e. The van der Waals surface area contributed by atoms with E-state index in [4.69, 9.17) is 33.8 Å². The van der Waals surface area contributed by atoms with Crippen LogP contribution in [0.15, 0.2) is 167 Å². The second-order valence-electron chi connectivity index (χ2n) is 12.4. The number of hydrogen-bond acceptors (Lipinski definition) is 8. The summed E-state index contributed by atoms with van der Waals surface area (Å²) in [4.78, 5) is 28.7. The number of pyridine rings is 1. The van der Waals surface area contributed by atoms with Crippen LogP contribution in [0.1, 0.15) is 0 Å². The molecule has 6 aromatic carbocycles. The van der Waals surface area contributed by atoms with Crippen LogP contribution in [0, 0.1) is 0 Å². The van der Waals surface area contributed by atoms with E-state index in [0.29, 0.717) is 40.4 Å². The first kappa shape index (κ1) is 29.6. The number of aromatic nitrogens is 6. The lowest BCUT2D eigenvalue weighted by Gasteiger charge is -2.09. The Kier molecular flexibility index (Phi) is 6.95. The maximum atomic E-state index is 6.39. The Labute approximate surface area is 297 Å². The zero-order chi connectivity index (χ0) is 34.4. The van der Waals surface area contributed by atoms with Gasteiger partial charge in [-0.05, 0) is 88.6 Å². The van der Waals surface area contributed by atoms with E-state index in [2.05, 4.69) is 35.3 Å². The van der Waals surface area contributed by atoms with Crippen LogP contribution in [-0.4, -0.2) is 29.9 Å². The lowest BCUT2D eigenvalue weighted by molar-refractivity contribution is 0.620. The van der Waals surface area contributed by atoms with Crippen molar-refractivity contribution in [2.24, 2.45) is 0 Å². The normalized spacial score (nSPS) is 11.5. The number of nitrogens with zero attached hydrogens (tertiary/aromatic N) is 6. The summed E-state index contributed by atoms with van der Waals surface area (Å²) in [7, 11) is 0. The molecule has 0 amide bonds. The van der Waals surface area contributed by atoms with Crippen LogP contribution in [0.25, 0.3) is 101 Å². The zero-order valence-corrected chi connectivity index (χ0v) is 27.5. The lowest BCUT2D eigenvalue weighted by Crippen LogP contribution is -2.00. The molecule has 244 valence electrons. The van der Waals surface area contributed by atoms with E-state index in [1.54, 1.807) is 12.4 Å². The molecule has 0 bridgehead atoms. The Balaban J connectivity index is 1.09. The van der Waals surface area contributed by atoms with Crippen LogP contribution in [0.2, 0.25) is 0 Å². The second-order valence-corrected chi connectivity index (χ2v) is 12.4. The topological polar surface area (TPSA) is 104 Å². The van der Waals surface area contributed by atoms with Crippen LogP contribution >= 0.6 is 0 Å². The molecule has 0 saturated carbocycles. The van der Waals surface area contributed by atoms with Crippen LogP contribution in [-0.2, 0) is 0 Å². The summed E-state index contributed by atoms with van der Waals surface area (Å²) in [5.74, 6) is 2.67. The Morgan fingerprint density at radius 1 is 0.365 bits per heavy atom. The van der Waals surface area contributed by atoms with Gasteiger partial charge in [0.15, 0.2) is 28.6 Å². The smallest absolute Gasteiger partial charge is 0.227 e. The van der Waals surface area contributed by atoms with Crippen molar-refractivity contribution in [2.45, 2.75) is 0 Å². The molecule has 4 heterocycles. The van der Waals surface area contributed by atoms with Crippen molar-refractivity contribution < 1.29 is 8.83 Å². The van der Waals surface area contributed by atoms with Gasteiger partial charge in [0.25, 0.3) is 0 Å². The van der Waals surface area contributed by atoms with Crippen LogP contribution in [0.3, 0.4) is 0 Å². The fraction of sp³-hybridized carbons (Fsp3) is 0. The number of benzene rings is 6. The molecule has 8 heteroatoms. The van der Waals surface area contributed by atoms with Gasteiger partial charge >= 0.3 is 0 Å². The monoisotopic (exact) mass is 670 g/mol. The molecular weight excluding hydrogens is 645 g/mol. The van der Waals surface area contributed by atoms with Crippen molar-refractivity contribution in [3.05, 3.63) is 158 Å². The minimum atomic E-state index is 0.505. The number of hydrogen-bond donors (Lipinski definition) is 0. The fourth-order valence-electron chi connectivity index (χ4n) is 6.48. The van der Waals surface area contributed by atoms with E-state index in [9.17, 15) is 0 Å². The van der Waals surface area contributed by atoms with Gasteiger partial charge < -0.3 is 8.83 Å². The molecule has 10 aromatic rings. The van der Waals surface area contributed by atoms with Gasteiger partial charge in [0.1, 0.15) is 11.0 Å². The molecule has 52 heavy (non-hydrogen) atoms. The Hall–Kier alpha value is -7.32. The van der Waals surface area contributed by atoms with E-state index >= 15 is 0 Å². The predicted octanol–water partition coefficient (Wildman–Crippen LogP) is 10.7. The number of rotatable bonds is 6. The summed E-state index contributed by atoms with van der Waals surface area (Å²) >= 11 is 0. The minimum Gasteiger partial charge on any atom is -0.436 e. The summed E-state index contributed by atoms with van der Waals surface area (Å²) in [6, 6.07) is 48.1. The highest BCUT2D eigenvalue weighted by Crippen LogP contribution is 2.34. The van der Waals surface area contributed by atoms with Gasteiger partial charge in [-0.25, -0.2) is 24.9 Å². The third-order valence-corrected chi connectivity index (χ3v) is 9.13. The van der Waals surface area contributed by atoms with Crippen LogP contribution in [0.4, 0.5) is 0 Å². The van der Waals surface area contributed by atoms with E-state index in [1.807, 2.05) is 115 Å². The van der Waals surface area contributed by atoms with E-state index in [1.165, 1.54) is 0 Å². The largest absolute Gasteiger partial charge is 0.436 e. The van der Waals surface area contributed by atoms with Gasteiger partial charge in [-0.3, -0.25) is 4.98 Å². The fourth-order valence-corrected chi connectivity index (χ4v) is 6.48. The van der Waals surface area contributed by atoms with Crippen molar-refractivity contribution in [3.63, 3.8) is 0 Å². The highest BCUT2D eigenvalue weighted by atomic mass is 16.4. The summed E-state index contributed by atoms with van der Waals surface area (Å²) in [6.45, 7) is 0. The lowest BCUT2D eigenvalue weighted by atomic mass is 10.0. The highest BCUT2D eigenvalue weighted by Gasteiger charge is 2.17. The molecular formula is C44H26N6O2. The molecule has 0 aliphatic heterocycles. The van der Waals surface area contributed by atoms with Gasteiger partial charge in [-0.1, -0.05) is 78.9 Å². The average molecular weight is 671 g/mol. The van der Waals surface area contributed by atoms with E-state index < -0.39 is 0 Å². The Morgan fingerprint density at radius 2 is 0.904 bits per heavy atom. The van der Waals surface area contributed by atoms with Crippen molar-refractivity contribution in [1.29, 1.82) is 0 Å². The van der Waals surface area contributed by atoms with Gasteiger partial charge in [-0.2, -0.15) is 0 Å². The van der Waals surface area contributed by atoms with Gasteiger partial charge in [0.05, 0.1) is 0 Å². The molecule has 0 atom stereocenters. The Morgan fingerprint density at radius 3 is 1.62 bits per heavy atom. The van der Waals surface area contributed by atoms with E-state index in [-0.39, 0.29) is 0 Å². The first-order valence-corrected chi connectivity index (χ1v) is 16.8. The zero-order valence-electron chi connectivity index (χ0n) is 27.5. The van der Waals surface area contributed by atoms with Crippen molar-refractivity contribution >= 4 is 33.0 Å². The minimum absolute atomic E-state index is 0.505. The predicted molar refractivity (Wildman–Crippen MR) is 203 cm³/mol. The molecule has 0 radical (unpaired) electrons. The third kappa shape index (κ3) is 5.35. The third-order valence-electron chi connectivity index (χ3n) is 9.13. The molecule has 0 N–H and O–H groups in total. The molecule has 8 nitrogen and oxygen atoms in total. The van der Waals surface area contributed by atoms with Crippen LogP contribution < -0.4 is 0 Å². The molecule has 0 fully saturated rings. The van der Waals surface area contributed by atoms with Crippen LogP contribution in [0.5, 0.6) is 0 Å². The van der Waals surface area contributed by atoms with Gasteiger partial charge in [0, 0.05) is 40.2 Å². The summed E-state index contributed by atoms with van der Waals surface area (Å²) in [5, 5.41) is 2.21.